The second-order valence-corrected chi connectivity index (χ2v) is 7.42. The quantitative estimate of drug-likeness (QED) is 0.317. The molecule has 0 saturated carbocycles. The molecule has 0 unspecified atom stereocenters. The van der Waals surface area contributed by atoms with Gasteiger partial charge in [0.25, 0.3) is 0 Å². The Balaban J connectivity index is 1.78. The third-order valence-electron chi connectivity index (χ3n) is 4.40. The Morgan fingerprint density at radius 1 is 1.17 bits per heavy atom. The first kappa shape index (κ1) is 22.1. The number of ether oxygens (including phenoxy) is 2. The molecular weight excluding hydrogens is 420 g/mol. The minimum Gasteiger partial charge on any atom is -0.490 e. The SMILES string of the molecule is CCCCc1n[nH]c(=S)n1/N=C\c1ccc(OCc2ccccc2Cl)c(OCC)c1. The standard InChI is InChI=1S/C22H25ClN4O2S/c1-3-5-10-21-25-26-22(30)27(21)24-14-16-11-12-19(20(13-16)28-4-2)29-15-17-8-6-7-9-18(17)23/h6-9,11-14H,3-5,10,15H2,1-2H3,(H,26,30)/b24-14-. The number of halogens is 1. The van der Waals surface area contributed by atoms with Crippen molar-refractivity contribution >= 4 is 30.0 Å². The third kappa shape index (κ3) is 5.70. The van der Waals surface area contributed by atoms with Gasteiger partial charge < -0.3 is 9.47 Å². The summed E-state index contributed by atoms with van der Waals surface area (Å²) in [6, 6.07) is 13.3. The zero-order valence-electron chi connectivity index (χ0n) is 17.1. The number of hydrogen-bond donors (Lipinski definition) is 1. The average Bonchev–Trinajstić information content (AvgIpc) is 3.10. The summed E-state index contributed by atoms with van der Waals surface area (Å²) in [6.07, 6.45) is 4.67. The average molecular weight is 445 g/mol. The predicted octanol–water partition coefficient (Wildman–Crippen LogP) is 5.80. The Hall–Kier alpha value is -2.64. The van der Waals surface area contributed by atoms with Gasteiger partial charge in [0.1, 0.15) is 6.61 Å². The van der Waals surface area contributed by atoms with Crippen LogP contribution in [0, 0.1) is 4.77 Å². The number of aromatic amines is 1. The maximum Gasteiger partial charge on any atom is 0.216 e. The Morgan fingerprint density at radius 3 is 2.77 bits per heavy atom. The van der Waals surface area contributed by atoms with Crippen LogP contribution in [0.5, 0.6) is 11.5 Å². The van der Waals surface area contributed by atoms with Crippen molar-refractivity contribution in [3.63, 3.8) is 0 Å². The van der Waals surface area contributed by atoms with Crippen LogP contribution in [0.15, 0.2) is 47.6 Å². The van der Waals surface area contributed by atoms with Gasteiger partial charge in [0.2, 0.25) is 4.77 Å². The molecule has 158 valence electrons. The van der Waals surface area contributed by atoms with E-state index in [0.717, 1.165) is 36.2 Å². The van der Waals surface area contributed by atoms with Crippen molar-refractivity contribution in [3.05, 3.63) is 69.2 Å². The van der Waals surface area contributed by atoms with Crippen LogP contribution in [0.4, 0.5) is 0 Å². The van der Waals surface area contributed by atoms with Crippen LogP contribution in [-0.4, -0.2) is 27.7 Å². The first-order valence-electron chi connectivity index (χ1n) is 9.96. The number of benzene rings is 2. The number of aryl methyl sites for hydroxylation is 1. The van der Waals surface area contributed by atoms with Crippen LogP contribution in [0.2, 0.25) is 5.02 Å². The summed E-state index contributed by atoms with van der Waals surface area (Å²) >= 11 is 11.5. The lowest BCUT2D eigenvalue weighted by Gasteiger charge is -2.13. The summed E-state index contributed by atoms with van der Waals surface area (Å²) in [7, 11) is 0. The molecule has 0 spiro atoms. The highest BCUT2D eigenvalue weighted by molar-refractivity contribution is 7.71. The summed E-state index contributed by atoms with van der Waals surface area (Å²) in [4.78, 5) is 0. The van der Waals surface area contributed by atoms with E-state index in [4.69, 9.17) is 33.3 Å². The highest BCUT2D eigenvalue weighted by Gasteiger charge is 2.09. The van der Waals surface area contributed by atoms with E-state index in [1.54, 1.807) is 10.9 Å². The highest BCUT2D eigenvalue weighted by Crippen LogP contribution is 2.29. The lowest BCUT2D eigenvalue weighted by atomic mass is 10.2. The number of nitrogens with zero attached hydrogens (tertiary/aromatic N) is 3. The summed E-state index contributed by atoms with van der Waals surface area (Å²) in [5.41, 5.74) is 1.79. The fourth-order valence-corrected chi connectivity index (χ4v) is 3.22. The van der Waals surface area contributed by atoms with Gasteiger partial charge >= 0.3 is 0 Å². The van der Waals surface area contributed by atoms with E-state index < -0.39 is 0 Å². The van der Waals surface area contributed by atoms with Crippen LogP contribution >= 0.6 is 23.8 Å². The van der Waals surface area contributed by atoms with Gasteiger partial charge in [0.05, 0.1) is 12.8 Å². The van der Waals surface area contributed by atoms with Crippen molar-refractivity contribution in [2.24, 2.45) is 5.10 Å². The Kier molecular flexibility index (Phi) is 8.04. The van der Waals surface area contributed by atoms with E-state index >= 15 is 0 Å². The van der Waals surface area contributed by atoms with Gasteiger partial charge in [-0.25, -0.2) is 0 Å². The van der Waals surface area contributed by atoms with Gasteiger partial charge in [-0.15, -0.1) is 0 Å². The molecule has 0 radical (unpaired) electrons. The zero-order chi connectivity index (χ0) is 21.3. The molecule has 3 rings (SSSR count). The summed E-state index contributed by atoms with van der Waals surface area (Å²) in [6.45, 7) is 4.96. The van der Waals surface area contributed by atoms with Gasteiger partial charge in [-0.3, -0.25) is 5.10 Å². The Labute approximate surface area is 186 Å². The normalized spacial score (nSPS) is 11.2. The molecule has 0 aliphatic rings. The zero-order valence-corrected chi connectivity index (χ0v) is 18.7. The number of nitrogens with one attached hydrogen (secondary N) is 1. The van der Waals surface area contributed by atoms with E-state index in [-0.39, 0.29) is 0 Å². The largest absolute Gasteiger partial charge is 0.490 e. The molecule has 1 heterocycles. The van der Waals surface area contributed by atoms with Gasteiger partial charge in [-0.2, -0.15) is 14.9 Å². The molecule has 2 aromatic carbocycles. The van der Waals surface area contributed by atoms with E-state index in [0.29, 0.717) is 34.5 Å². The third-order valence-corrected chi connectivity index (χ3v) is 5.04. The number of hydrogen-bond acceptors (Lipinski definition) is 5. The molecule has 0 aliphatic carbocycles. The lowest BCUT2D eigenvalue weighted by molar-refractivity contribution is 0.269. The van der Waals surface area contributed by atoms with Crippen molar-refractivity contribution in [1.82, 2.24) is 14.9 Å². The minimum atomic E-state index is 0.359. The van der Waals surface area contributed by atoms with E-state index in [2.05, 4.69) is 22.2 Å². The van der Waals surface area contributed by atoms with Crippen molar-refractivity contribution in [2.45, 2.75) is 39.7 Å². The van der Waals surface area contributed by atoms with Crippen LogP contribution in [0.3, 0.4) is 0 Å². The van der Waals surface area contributed by atoms with Crippen molar-refractivity contribution in [2.75, 3.05) is 6.61 Å². The van der Waals surface area contributed by atoms with Crippen LogP contribution < -0.4 is 9.47 Å². The first-order valence-corrected chi connectivity index (χ1v) is 10.7. The van der Waals surface area contributed by atoms with Crippen LogP contribution in [0.1, 0.15) is 43.6 Å². The van der Waals surface area contributed by atoms with Crippen molar-refractivity contribution in [3.8, 4) is 11.5 Å². The number of aromatic nitrogens is 3. The van der Waals surface area contributed by atoms with Crippen molar-refractivity contribution in [1.29, 1.82) is 0 Å². The second-order valence-electron chi connectivity index (χ2n) is 6.62. The topological polar surface area (TPSA) is 64.4 Å². The van der Waals surface area contributed by atoms with E-state index in [9.17, 15) is 0 Å². The Morgan fingerprint density at radius 2 is 2.00 bits per heavy atom. The summed E-state index contributed by atoms with van der Waals surface area (Å²) in [5.74, 6) is 2.12. The lowest BCUT2D eigenvalue weighted by Crippen LogP contribution is -2.02. The summed E-state index contributed by atoms with van der Waals surface area (Å²) in [5, 5.41) is 12.3. The van der Waals surface area contributed by atoms with Crippen LogP contribution in [-0.2, 0) is 13.0 Å². The molecule has 0 atom stereocenters. The van der Waals surface area contributed by atoms with Gasteiger partial charge in [0.15, 0.2) is 17.3 Å². The second kappa shape index (κ2) is 10.9. The molecule has 0 amide bonds. The molecule has 8 heteroatoms. The number of rotatable bonds is 10. The molecule has 0 bridgehead atoms. The number of unbranched alkanes of at least 4 members (excludes halogenated alkanes) is 1. The fourth-order valence-electron chi connectivity index (χ4n) is 2.83. The van der Waals surface area contributed by atoms with Gasteiger partial charge in [-0.1, -0.05) is 43.1 Å². The molecule has 30 heavy (non-hydrogen) atoms. The molecule has 6 nitrogen and oxygen atoms in total. The molecule has 3 aromatic rings. The minimum absolute atomic E-state index is 0.359. The maximum absolute atomic E-state index is 6.22. The maximum atomic E-state index is 6.22. The molecule has 0 aliphatic heterocycles. The number of H-pyrrole nitrogens is 1. The monoisotopic (exact) mass is 444 g/mol. The highest BCUT2D eigenvalue weighted by atomic mass is 35.5. The first-order chi connectivity index (χ1) is 14.6. The molecule has 1 aromatic heterocycles. The molecule has 0 fully saturated rings. The van der Waals surface area contributed by atoms with Gasteiger partial charge in [0, 0.05) is 17.0 Å². The van der Waals surface area contributed by atoms with Crippen molar-refractivity contribution < 1.29 is 9.47 Å². The van der Waals surface area contributed by atoms with E-state index in [1.807, 2.05) is 49.4 Å². The Bertz CT molecular complexity index is 1060. The summed E-state index contributed by atoms with van der Waals surface area (Å²) < 4.78 is 13.9. The van der Waals surface area contributed by atoms with Gasteiger partial charge in [-0.05, 0) is 55.4 Å². The fraction of sp³-hybridized carbons (Fsp3) is 0.318. The molecular formula is C22H25ClN4O2S. The van der Waals surface area contributed by atoms with E-state index in [1.165, 1.54) is 0 Å². The predicted molar refractivity (Wildman–Crippen MR) is 122 cm³/mol. The molecule has 1 N–H and O–H groups in total. The molecule has 0 saturated heterocycles. The smallest absolute Gasteiger partial charge is 0.216 e. The van der Waals surface area contributed by atoms with Crippen LogP contribution in [0.25, 0.3) is 0 Å².